The van der Waals surface area contributed by atoms with Crippen molar-refractivity contribution < 1.29 is 12.8 Å². The Morgan fingerprint density at radius 3 is 2.75 bits per heavy atom. The van der Waals surface area contributed by atoms with Crippen molar-refractivity contribution >= 4 is 38.7 Å². The van der Waals surface area contributed by atoms with Crippen LogP contribution in [0, 0.1) is 0 Å². The fourth-order valence-corrected chi connectivity index (χ4v) is 4.52. The summed E-state index contributed by atoms with van der Waals surface area (Å²) in [5, 5.41) is 2.92. The largest absolute Gasteiger partial charge is 0.459 e. The van der Waals surface area contributed by atoms with Crippen LogP contribution in [0.2, 0.25) is 5.02 Å². The minimum atomic E-state index is -3.59. The van der Waals surface area contributed by atoms with Crippen LogP contribution in [0.4, 0.5) is 0 Å². The smallest absolute Gasteiger partial charge is 0.234 e. The predicted octanol–water partition coefficient (Wildman–Crippen LogP) is 4.16. The summed E-state index contributed by atoms with van der Waals surface area (Å²) in [5.74, 6) is 0.629. The molecule has 0 aliphatic carbocycles. The first-order chi connectivity index (χ1) is 13.4. The van der Waals surface area contributed by atoms with Crippen LogP contribution in [-0.4, -0.2) is 26.9 Å². The van der Waals surface area contributed by atoms with Crippen LogP contribution >= 0.6 is 11.6 Å². The topological polar surface area (TPSA) is 62.6 Å². The van der Waals surface area contributed by atoms with Gasteiger partial charge in [-0.1, -0.05) is 41.9 Å². The van der Waals surface area contributed by atoms with E-state index in [0.717, 1.165) is 45.6 Å². The normalized spacial score (nSPS) is 15.4. The van der Waals surface area contributed by atoms with Gasteiger partial charge in [0, 0.05) is 34.5 Å². The first-order valence-electron chi connectivity index (χ1n) is 9.06. The van der Waals surface area contributed by atoms with E-state index in [-0.39, 0.29) is 6.54 Å². The molecule has 0 amide bonds. The van der Waals surface area contributed by atoms with Gasteiger partial charge in [0.1, 0.15) is 11.3 Å². The Hall–Kier alpha value is -2.12. The SMILES string of the molecule is CN1CCc2c(Cl)ccc3oc(CNS(=O)(=O)C=Cc4ccccc4)c(c23)C1. The highest BCUT2D eigenvalue weighted by atomic mass is 35.5. The average Bonchev–Trinajstić information content (AvgIpc) is 2.92. The summed E-state index contributed by atoms with van der Waals surface area (Å²) in [4.78, 5) is 2.19. The third-order valence-corrected chi connectivity index (χ3v) is 6.33. The number of nitrogens with one attached hydrogen (secondary N) is 1. The quantitative estimate of drug-likeness (QED) is 0.678. The monoisotopic (exact) mass is 416 g/mol. The fraction of sp³-hybridized carbons (Fsp3) is 0.238. The van der Waals surface area contributed by atoms with Crippen molar-refractivity contribution in [2.75, 3.05) is 13.6 Å². The minimum Gasteiger partial charge on any atom is -0.459 e. The summed E-state index contributed by atoms with van der Waals surface area (Å²) in [6, 6.07) is 13.0. The molecule has 0 atom stereocenters. The van der Waals surface area contributed by atoms with Crippen molar-refractivity contribution in [2.45, 2.75) is 19.5 Å². The van der Waals surface area contributed by atoms with Crippen LogP contribution < -0.4 is 4.72 Å². The molecule has 1 aliphatic rings. The van der Waals surface area contributed by atoms with Crippen molar-refractivity contribution in [3.8, 4) is 0 Å². The molecule has 1 aliphatic heterocycles. The van der Waals surface area contributed by atoms with Crippen molar-refractivity contribution in [3.63, 3.8) is 0 Å². The van der Waals surface area contributed by atoms with Crippen LogP contribution in [0.1, 0.15) is 22.5 Å². The van der Waals surface area contributed by atoms with Gasteiger partial charge in [-0.15, -0.1) is 0 Å². The second-order valence-corrected chi connectivity index (χ2v) is 9.03. The van der Waals surface area contributed by atoms with Gasteiger partial charge < -0.3 is 9.32 Å². The summed E-state index contributed by atoms with van der Waals surface area (Å²) in [7, 11) is -1.56. The third kappa shape index (κ3) is 4.00. The molecular weight excluding hydrogens is 396 g/mol. The minimum absolute atomic E-state index is 0.0936. The molecular formula is C21H21ClN2O3S. The van der Waals surface area contributed by atoms with Gasteiger partial charge >= 0.3 is 0 Å². The molecule has 3 aromatic rings. The molecule has 0 saturated carbocycles. The van der Waals surface area contributed by atoms with E-state index in [1.165, 1.54) is 5.41 Å². The lowest BCUT2D eigenvalue weighted by Crippen LogP contribution is -2.22. The second kappa shape index (κ2) is 7.72. The maximum atomic E-state index is 12.4. The van der Waals surface area contributed by atoms with Gasteiger partial charge in [-0.2, -0.15) is 0 Å². The third-order valence-electron chi connectivity index (χ3n) is 4.93. The number of benzene rings is 2. The number of rotatable bonds is 5. The lowest BCUT2D eigenvalue weighted by molar-refractivity contribution is 0.332. The van der Waals surface area contributed by atoms with E-state index < -0.39 is 10.0 Å². The highest BCUT2D eigenvalue weighted by molar-refractivity contribution is 7.92. The summed E-state index contributed by atoms with van der Waals surface area (Å²) in [6.45, 7) is 1.67. The van der Waals surface area contributed by atoms with Crippen LogP contribution in [0.5, 0.6) is 0 Å². The molecule has 28 heavy (non-hydrogen) atoms. The Balaban J connectivity index is 1.61. The Bertz CT molecular complexity index is 1140. The number of halogens is 1. The lowest BCUT2D eigenvalue weighted by Gasteiger charge is -2.13. The highest BCUT2D eigenvalue weighted by Crippen LogP contribution is 2.36. The molecule has 0 unspecified atom stereocenters. The standard InChI is InChI=1S/C21H21ClN2O3S/c1-24-11-9-16-18(22)7-8-19-21(16)17(14-24)20(27-19)13-23-28(25,26)12-10-15-5-3-2-4-6-15/h2-8,10,12,23H,9,11,13-14H2,1H3. The van der Waals surface area contributed by atoms with Gasteiger partial charge in [0.05, 0.1) is 6.54 Å². The second-order valence-electron chi connectivity index (χ2n) is 6.97. The van der Waals surface area contributed by atoms with E-state index in [1.807, 2.05) is 49.5 Å². The van der Waals surface area contributed by atoms with Gasteiger partial charge in [0.15, 0.2) is 0 Å². The van der Waals surface area contributed by atoms with E-state index >= 15 is 0 Å². The highest BCUT2D eigenvalue weighted by Gasteiger charge is 2.23. The van der Waals surface area contributed by atoms with E-state index in [4.69, 9.17) is 16.0 Å². The predicted molar refractivity (Wildman–Crippen MR) is 112 cm³/mol. The van der Waals surface area contributed by atoms with E-state index in [1.54, 1.807) is 6.08 Å². The van der Waals surface area contributed by atoms with E-state index in [9.17, 15) is 8.42 Å². The Morgan fingerprint density at radius 1 is 1.18 bits per heavy atom. The number of nitrogens with zero attached hydrogens (tertiary/aromatic N) is 1. The Morgan fingerprint density at radius 2 is 1.96 bits per heavy atom. The Labute approximate surface area is 169 Å². The zero-order valence-corrected chi connectivity index (χ0v) is 17.1. The number of furan rings is 1. The number of hydrogen-bond acceptors (Lipinski definition) is 4. The van der Waals surface area contributed by atoms with Gasteiger partial charge in [0.2, 0.25) is 10.0 Å². The molecule has 0 spiro atoms. The average molecular weight is 417 g/mol. The maximum absolute atomic E-state index is 12.4. The van der Waals surface area contributed by atoms with Crippen LogP contribution in [0.25, 0.3) is 17.0 Å². The number of hydrogen-bond donors (Lipinski definition) is 1. The van der Waals surface area contributed by atoms with E-state index in [2.05, 4.69) is 9.62 Å². The maximum Gasteiger partial charge on any atom is 0.234 e. The molecule has 5 nitrogen and oxygen atoms in total. The van der Waals surface area contributed by atoms with Crippen LogP contribution in [-0.2, 0) is 29.5 Å². The zero-order valence-electron chi connectivity index (χ0n) is 15.5. The summed E-state index contributed by atoms with van der Waals surface area (Å²) >= 11 is 6.41. The summed E-state index contributed by atoms with van der Waals surface area (Å²) < 4.78 is 33.4. The molecule has 1 aromatic heterocycles. The summed E-state index contributed by atoms with van der Waals surface area (Å²) in [5.41, 5.74) is 3.64. The molecule has 2 heterocycles. The van der Waals surface area contributed by atoms with Crippen molar-refractivity contribution in [1.82, 2.24) is 9.62 Å². The van der Waals surface area contributed by atoms with E-state index in [0.29, 0.717) is 12.3 Å². The number of likely N-dealkylation sites (N-methyl/N-ethyl adjacent to an activating group) is 1. The molecule has 0 radical (unpaired) electrons. The van der Waals surface area contributed by atoms with Gasteiger partial charge in [-0.3, -0.25) is 0 Å². The van der Waals surface area contributed by atoms with Crippen LogP contribution in [0.15, 0.2) is 52.3 Å². The summed E-state index contributed by atoms with van der Waals surface area (Å²) in [6.07, 6.45) is 2.41. The Kier molecular flexibility index (Phi) is 5.29. The molecule has 4 rings (SSSR count). The van der Waals surface area contributed by atoms with Crippen LogP contribution in [0.3, 0.4) is 0 Å². The van der Waals surface area contributed by atoms with Crippen molar-refractivity contribution in [2.24, 2.45) is 0 Å². The molecule has 2 aromatic carbocycles. The van der Waals surface area contributed by atoms with Gasteiger partial charge in [0.25, 0.3) is 0 Å². The first-order valence-corrected chi connectivity index (χ1v) is 11.0. The molecule has 7 heteroatoms. The molecule has 0 saturated heterocycles. The van der Waals surface area contributed by atoms with Gasteiger partial charge in [-0.25, -0.2) is 13.1 Å². The molecule has 0 bridgehead atoms. The number of sulfonamides is 1. The van der Waals surface area contributed by atoms with Crippen molar-refractivity contribution in [3.05, 3.63) is 75.3 Å². The fourth-order valence-electron chi connectivity index (χ4n) is 3.50. The molecule has 0 fully saturated rings. The first kappa shape index (κ1) is 19.2. The zero-order chi connectivity index (χ0) is 19.7. The molecule has 1 N–H and O–H groups in total. The lowest BCUT2D eigenvalue weighted by atomic mass is 10.0. The van der Waals surface area contributed by atoms with Crippen molar-refractivity contribution in [1.29, 1.82) is 0 Å². The molecule has 146 valence electrons. The van der Waals surface area contributed by atoms with Gasteiger partial charge in [-0.05, 0) is 42.8 Å².